The molecule has 0 aromatic carbocycles. The molecule has 1 atom stereocenters. The van der Waals surface area contributed by atoms with Gasteiger partial charge in [-0.1, -0.05) is 6.92 Å². The lowest BCUT2D eigenvalue weighted by Crippen LogP contribution is -2.08. The summed E-state index contributed by atoms with van der Waals surface area (Å²) in [6.45, 7) is 2.80. The summed E-state index contributed by atoms with van der Waals surface area (Å²) in [5.41, 5.74) is 6.35. The minimum atomic E-state index is -0.424. The second kappa shape index (κ2) is 6.60. The standard InChI is InChI=1S/C11H17NO3S/c1-8(3-5-12)16-7-9-4-6-15-10(9)11(13)14-2/h4,6,8H,3,5,7,12H2,1-2H3. The van der Waals surface area contributed by atoms with E-state index in [9.17, 15) is 4.79 Å². The zero-order valence-corrected chi connectivity index (χ0v) is 10.4. The molecule has 0 aliphatic heterocycles. The van der Waals surface area contributed by atoms with E-state index in [4.69, 9.17) is 10.2 Å². The molecule has 0 saturated heterocycles. The van der Waals surface area contributed by atoms with Gasteiger partial charge in [0.2, 0.25) is 5.76 Å². The molecule has 16 heavy (non-hydrogen) atoms. The van der Waals surface area contributed by atoms with Crippen molar-refractivity contribution >= 4 is 17.7 Å². The van der Waals surface area contributed by atoms with Gasteiger partial charge in [0, 0.05) is 16.6 Å². The van der Waals surface area contributed by atoms with E-state index in [1.54, 1.807) is 17.8 Å². The predicted molar refractivity (Wildman–Crippen MR) is 64.5 cm³/mol. The van der Waals surface area contributed by atoms with Gasteiger partial charge in [-0.15, -0.1) is 0 Å². The van der Waals surface area contributed by atoms with Crippen molar-refractivity contribution in [1.82, 2.24) is 0 Å². The van der Waals surface area contributed by atoms with E-state index in [1.165, 1.54) is 13.4 Å². The van der Waals surface area contributed by atoms with Crippen LogP contribution in [0.5, 0.6) is 0 Å². The molecule has 0 radical (unpaired) electrons. The molecule has 0 fully saturated rings. The maximum atomic E-state index is 11.3. The van der Waals surface area contributed by atoms with E-state index in [-0.39, 0.29) is 0 Å². The van der Waals surface area contributed by atoms with Gasteiger partial charge in [-0.25, -0.2) is 4.79 Å². The molecule has 1 unspecified atom stereocenters. The van der Waals surface area contributed by atoms with Crippen LogP contribution < -0.4 is 5.73 Å². The zero-order chi connectivity index (χ0) is 12.0. The van der Waals surface area contributed by atoms with Gasteiger partial charge in [-0.2, -0.15) is 11.8 Å². The molecular weight excluding hydrogens is 226 g/mol. The van der Waals surface area contributed by atoms with Gasteiger partial charge in [-0.3, -0.25) is 0 Å². The summed E-state index contributed by atoms with van der Waals surface area (Å²) in [6.07, 6.45) is 2.48. The lowest BCUT2D eigenvalue weighted by Gasteiger charge is -2.08. The van der Waals surface area contributed by atoms with Crippen LogP contribution in [0.4, 0.5) is 0 Å². The van der Waals surface area contributed by atoms with Crippen molar-refractivity contribution in [2.45, 2.75) is 24.3 Å². The van der Waals surface area contributed by atoms with E-state index in [1.807, 2.05) is 0 Å². The zero-order valence-electron chi connectivity index (χ0n) is 9.56. The average molecular weight is 243 g/mol. The summed E-state index contributed by atoms with van der Waals surface area (Å²) in [6, 6.07) is 1.80. The molecule has 0 spiro atoms. The highest BCUT2D eigenvalue weighted by Gasteiger charge is 2.16. The molecule has 1 rings (SSSR count). The second-order valence-corrected chi connectivity index (χ2v) is 4.89. The fourth-order valence-electron chi connectivity index (χ4n) is 1.27. The molecule has 0 amide bonds. The molecule has 0 aliphatic rings. The van der Waals surface area contributed by atoms with Crippen LogP contribution in [0, 0.1) is 0 Å². The first-order chi connectivity index (χ1) is 7.69. The monoisotopic (exact) mass is 243 g/mol. The molecule has 2 N–H and O–H groups in total. The van der Waals surface area contributed by atoms with E-state index in [2.05, 4.69) is 11.7 Å². The van der Waals surface area contributed by atoms with Crippen LogP contribution in [0.2, 0.25) is 0 Å². The van der Waals surface area contributed by atoms with Crippen molar-refractivity contribution in [1.29, 1.82) is 0 Å². The number of hydrogen-bond donors (Lipinski definition) is 1. The number of esters is 1. The fourth-order valence-corrected chi connectivity index (χ4v) is 2.27. The quantitative estimate of drug-likeness (QED) is 0.774. The molecule has 1 aromatic rings. The lowest BCUT2D eigenvalue weighted by molar-refractivity contribution is 0.0564. The number of thioether (sulfide) groups is 1. The summed E-state index contributed by atoms with van der Waals surface area (Å²) >= 11 is 1.75. The largest absolute Gasteiger partial charge is 0.463 e. The maximum absolute atomic E-state index is 11.3. The molecule has 0 aliphatic carbocycles. The number of hydrogen-bond acceptors (Lipinski definition) is 5. The SMILES string of the molecule is COC(=O)c1occc1CSC(C)CCN. The van der Waals surface area contributed by atoms with Crippen LogP contribution in [-0.2, 0) is 10.5 Å². The lowest BCUT2D eigenvalue weighted by atomic mass is 10.3. The third-order valence-electron chi connectivity index (χ3n) is 2.21. The Morgan fingerprint density at radius 1 is 1.69 bits per heavy atom. The summed E-state index contributed by atoms with van der Waals surface area (Å²) in [5.74, 6) is 0.615. The Bertz CT molecular complexity index is 338. The molecule has 5 heteroatoms. The van der Waals surface area contributed by atoms with E-state index < -0.39 is 5.97 Å². The van der Waals surface area contributed by atoms with Crippen molar-refractivity contribution in [3.05, 3.63) is 23.7 Å². The van der Waals surface area contributed by atoms with Crippen LogP contribution in [0.3, 0.4) is 0 Å². The number of nitrogens with two attached hydrogens (primary N) is 1. The molecule has 1 aromatic heterocycles. The van der Waals surface area contributed by atoms with Crippen LogP contribution >= 0.6 is 11.8 Å². The number of methoxy groups -OCH3 is 1. The Morgan fingerprint density at radius 2 is 2.44 bits per heavy atom. The van der Waals surface area contributed by atoms with Crippen molar-refractivity contribution in [2.24, 2.45) is 5.73 Å². The van der Waals surface area contributed by atoms with Gasteiger partial charge in [0.15, 0.2) is 0 Å². The van der Waals surface area contributed by atoms with Crippen LogP contribution in [0.1, 0.15) is 29.5 Å². The predicted octanol–water partition coefficient (Wildman–Crippen LogP) is 2.04. The smallest absolute Gasteiger partial charge is 0.374 e. The molecule has 0 bridgehead atoms. The first-order valence-electron chi connectivity index (χ1n) is 5.15. The molecular formula is C11H17NO3S. The van der Waals surface area contributed by atoms with Gasteiger partial charge in [0.25, 0.3) is 0 Å². The maximum Gasteiger partial charge on any atom is 0.374 e. The van der Waals surface area contributed by atoms with Crippen molar-refractivity contribution in [3.8, 4) is 0 Å². The minimum Gasteiger partial charge on any atom is -0.463 e. The van der Waals surface area contributed by atoms with Gasteiger partial charge in [0.1, 0.15) is 0 Å². The molecule has 4 nitrogen and oxygen atoms in total. The Morgan fingerprint density at radius 3 is 3.06 bits per heavy atom. The van der Waals surface area contributed by atoms with Crippen molar-refractivity contribution in [3.63, 3.8) is 0 Å². The van der Waals surface area contributed by atoms with Gasteiger partial charge in [0.05, 0.1) is 13.4 Å². The summed E-state index contributed by atoms with van der Waals surface area (Å²) < 4.78 is 9.72. The Labute approximate surface area is 99.5 Å². The minimum absolute atomic E-state index is 0.301. The third-order valence-corrected chi connectivity index (χ3v) is 3.50. The van der Waals surface area contributed by atoms with E-state index >= 15 is 0 Å². The third kappa shape index (κ3) is 3.57. The normalized spacial score (nSPS) is 12.4. The average Bonchev–Trinajstić information content (AvgIpc) is 2.74. The highest BCUT2D eigenvalue weighted by atomic mass is 32.2. The number of carbonyl (C=O) groups excluding carboxylic acids is 1. The first kappa shape index (κ1) is 13.1. The number of furan rings is 1. The summed E-state index contributed by atoms with van der Waals surface area (Å²) in [7, 11) is 1.35. The van der Waals surface area contributed by atoms with Gasteiger partial charge in [-0.05, 0) is 19.0 Å². The first-order valence-corrected chi connectivity index (χ1v) is 6.20. The Kier molecular flexibility index (Phi) is 5.42. The van der Waals surface area contributed by atoms with Crippen LogP contribution in [0.15, 0.2) is 16.7 Å². The number of ether oxygens (including phenoxy) is 1. The molecule has 1 heterocycles. The summed E-state index contributed by atoms with van der Waals surface area (Å²) in [5, 5.41) is 0.477. The number of carbonyl (C=O) groups is 1. The Hall–Kier alpha value is -0.940. The molecule has 90 valence electrons. The molecule has 0 saturated carbocycles. The van der Waals surface area contributed by atoms with Gasteiger partial charge >= 0.3 is 5.97 Å². The highest BCUT2D eigenvalue weighted by Crippen LogP contribution is 2.23. The van der Waals surface area contributed by atoms with Crippen LogP contribution in [0.25, 0.3) is 0 Å². The van der Waals surface area contributed by atoms with E-state index in [0.717, 1.165) is 17.7 Å². The van der Waals surface area contributed by atoms with Crippen molar-refractivity contribution < 1.29 is 13.9 Å². The topological polar surface area (TPSA) is 65.5 Å². The van der Waals surface area contributed by atoms with Crippen molar-refractivity contribution in [2.75, 3.05) is 13.7 Å². The summed E-state index contributed by atoms with van der Waals surface area (Å²) in [4.78, 5) is 11.3. The van der Waals surface area contributed by atoms with Gasteiger partial charge < -0.3 is 14.9 Å². The Balaban J connectivity index is 2.54. The second-order valence-electron chi connectivity index (χ2n) is 3.47. The van der Waals surface area contributed by atoms with E-state index in [0.29, 0.717) is 17.6 Å². The fraction of sp³-hybridized carbons (Fsp3) is 0.545. The highest BCUT2D eigenvalue weighted by molar-refractivity contribution is 7.99. The number of rotatable bonds is 6. The van der Waals surface area contributed by atoms with Crippen LogP contribution in [-0.4, -0.2) is 24.9 Å².